The molecule has 0 aliphatic heterocycles. The van der Waals surface area contributed by atoms with Crippen molar-refractivity contribution >= 4 is 23.2 Å². The van der Waals surface area contributed by atoms with E-state index in [1.165, 1.54) is 11.3 Å². The zero-order valence-corrected chi connectivity index (χ0v) is 25.0. The monoisotopic (exact) mass is 580 g/mol. The van der Waals surface area contributed by atoms with Gasteiger partial charge >= 0.3 is 11.8 Å². The number of hydrogen-bond donors (Lipinski definition) is 3. The number of anilines is 1. The predicted molar refractivity (Wildman–Crippen MR) is 159 cm³/mol. The van der Waals surface area contributed by atoms with E-state index in [9.17, 15) is 9.59 Å². The number of hydrogen-bond acceptors (Lipinski definition) is 10. The number of carbonyl (C=O) groups excluding carboxylic acids is 1. The molecule has 13 heteroatoms. The van der Waals surface area contributed by atoms with Crippen molar-refractivity contribution in [3.8, 4) is 39.0 Å². The number of urea groups is 1. The Hall–Kier alpha value is -4.10. The molecule has 0 spiro atoms. The summed E-state index contributed by atoms with van der Waals surface area (Å²) in [6.07, 6.45) is 4.03. The number of nitrogens with zero attached hydrogens (tertiary/aromatic N) is 5. The van der Waals surface area contributed by atoms with Crippen LogP contribution in [0.2, 0.25) is 0 Å². The van der Waals surface area contributed by atoms with Gasteiger partial charge in [-0.15, -0.1) is 16.4 Å². The molecule has 0 atom stereocenters. The van der Waals surface area contributed by atoms with Gasteiger partial charge in [-0.1, -0.05) is 6.92 Å². The van der Waals surface area contributed by atoms with E-state index in [0.29, 0.717) is 60.2 Å². The first-order chi connectivity index (χ1) is 19.7. The van der Waals surface area contributed by atoms with Crippen molar-refractivity contribution in [3.05, 3.63) is 46.2 Å². The van der Waals surface area contributed by atoms with Crippen molar-refractivity contribution in [1.82, 2.24) is 35.4 Å². The lowest BCUT2D eigenvalue weighted by Crippen LogP contribution is -2.39. The number of aromatic nitrogens is 5. The maximum absolute atomic E-state index is 12.3. The molecule has 0 bridgehead atoms. The van der Waals surface area contributed by atoms with Crippen LogP contribution in [0.15, 0.2) is 39.1 Å². The summed E-state index contributed by atoms with van der Waals surface area (Å²) in [4.78, 5) is 40.1. The molecule has 12 nitrogen and oxygen atoms in total. The Morgan fingerprint density at radius 1 is 1.12 bits per heavy atom. The molecule has 218 valence electrons. The van der Waals surface area contributed by atoms with E-state index >= 15 is 0 Å². The summed E-state index contributed by atoms with van der Waals surface area (Å²) in [5, 5.41) is 14.5. The molecular weight excluding hydrogens is 544 g/mol. The molecule has 0 aliphatic carbocycles. The molecule has 0 aliphatic rings. The van der Waals surface area contributed by atoms with Gasteiger partial charge in [0, 0.05) is 65.3 Å². The Kier molecular flexibility index (Phi) is 9.84. The van der Waals surface area contributed by atoms with Crippen LogP contribution in [0, 0.1) is 6.92 Å². The van der Waals surface area contributed by atoms with Gasteiger partial charge in [0.1, 0.15) is 17.4 Å². The Labute approximate surface area is 242 Å². The van der Waals surface area contributed by atoms with Crippen LogP contribution in [-0.2, 0) is 0 Å². The smallest absolute Gasteiger partial charge is 0.434 e. The average molecular weight is 581 g/mol. The minimum absolute atomic E-state index is 0.103. The van der Waals surface area contributed by atoms with Crippen molar-refractivity contribution in [3.63, 3.8) is 0 Å². The van der Waals surface area contributed by atoms with Gasteiger partial charge in [0.2, 0.25) is 5.88 Å². The van der Waals surface area contributed by atoms with Gasteiger partial charge in [-0.25, -0.2) is 29.6 Å². The lowest BCUT2D eigenvalue weighted by atomic mass is 10.0. The second-order valence-corrected chi connectivity index (χ2v) is 10.9. The fourth-order valence-corrected chi connectivity index (χ4v) is 5.21. The highest BCUT2D eigenvalue weighted by Gasteiger charge is 2.21. The minimum atomic E-state index is -0.665. The summed E-state index contributed by atoms with van der Waals surface area (Å²) in [5.74, 6) is 0.199. The number of pyridine rings is 2. The normalized spacial score (nSPS) is 11.4. The molecule has 4 heterocycles. The second-order valence-electron chi connectivity index (χ2n) is 10.1. The fraction of sp³-hybridized carbons (Fsp3) is 0.429. The number of aryl methyl sites for hydroxylation is 1. The standard InChI is InChI=1S/C28H36N8O4S/c1-7-8-29-27(37)33-23-12-21(26-32-18(6)15-41-26)22(14-30-23)20-11-19(24-34-35-28(38)40-24)13-31-25(20)39-10-9-36(16(2)3)17(4)5/h11-17H,7-10H2,1-6H3,(H,35,38)(H2,29,30,33,37). The molecule has 0 aromatic carbocycles. The van der Waals surface area contributed by atoms with Gasteiger partial charge in [-0.3, -0.25) is 10.2 Å². The third-order valence-corrected chi connectivity index (χ3v) is 7.27. The van der Waals surface area contributed by atoms with Crippen LogP contribution in [0.5, 0.6) is 5.88 Å². The van der Waals surface area contributed by atoms with Gasteiger partial charge in [0.05, 0.1) is 5.56 Å². The predicted octanol–water partition coefficient (Wildman–Crippen LogP) is 4.95. The molecule has 3 N–H and O–H groups in total. The Bertz CT molecular complexity index is 1520. The summed E-state index contributed by atoms with van der Waals surface area (Å²) in [5.41, 5.74) is 3.39. The third-order valence-electron chi connectivity index (χ3n) is 6.27. The van der Waals surface area contributed by atoms with Crippen molar-refractivity contribution in [2.45, 2.75) is 60.0 Å². The number of amides is 2. The van der Waals surface area contributed by atoms with Gasteiger partial charge in [0.25, 0.3) is 5.89 Å². The van der Waals surface area contributed by atoms with E-state index < -0.39 is 5.76 Å². The Balaban J connectivity index is 1.78. The van der Waals surface area contributed by atoms with Crippen LogP contribution in [0.1, 0.15) is 46.7 Å². The maximum atomic E-state index is 12.3. The van der Waals surface area contributed by atoms with E-state index in [-0.39, 0.29) is 11.9 Å². The first-order valence-electron chi connectivity index (χ1n) is 13.6. The molecule has 4 aromatic rings. The zero-order valence-electron chi connectivity index (χ0n) is 24.1. The van der Waals surface area contributed by atoms with Crippen molar-refractivity contribution in [1.29, 1.82) is 0 Å². The quantitative estimate of drug-likeness (QED) is 0.211. The van der Waals surface area contributed by atoms with E-state index in [4.69, 9.17) is 14.1 Å². The number of rotatable bonds is 12. The highest BCUT2D eigenvalue weighted by atomic mass is 32.1. The van der Waals surface area contributed by atoms with Crippen LogP contribution >= 0.6 is 11.3 Å². The van der Waals surface area contributed by atoms with E-state index in [1.54, 1.807) is 24.5 Å². The fourth-order valence-electron chi connectivity index (χ4n) is 4.38. The van der Waals surface area contributed by atoms with Crippen molar-refractivity contribution < 1.29 is 13.9 Å². The van der Waals surface area contributed by atoms with Crippen LogP contribution < -0.4 is 21.1 Å². The molecule has 0 saturated carbocycles. The maximum Gasteiger partial charge on any atom is 0.434 e. The first kappa shape index (κ1) is 29.9. The van der Waals surface area contributed by atoms with Crippen molar-refractivity contribution in [2.24, 2.45) is 0 Å². The van der Waals surface area contributed by atoms with Gasteiger partial charge in [-0.05, 0) is 53.2 Å². The third kappa shape index (κ3) is 7.55. The minimum Gasteiger partial charge on any atom is -0.476 e. The lowest BCUT2D eigenvalue weighted by Gasteiger charge is -2.30. The average Bonchev–Trinajstić information content (AvgIpc) is 3.57. The lowest BCUT2D eigenvalue weighted by molar-refractivity contribution is 0.140. The van der Waals surface area contributed by atoms with E-state index in [0.717, 1.165) is 22.7 Å². The topological polar surface area (TPSA) is 151 Å². The molecule has 0 fully saturated rings. The summed E-state index contributed by atoms with van der Waals surface area (Å²) in [7, 11) is 0. The Morgan fingerprint density at radius 2 is 1.90 bits per heavy atom. The van der Waals surface area contributed by atoms with Crippen LogP contribution in [0.4, 0.5) is 10.6 Å². The number of H-pyrrole nitrogens is 1. The number of carbonyl (C=O) groups is 1. The van der Waals surface area contributed by atoms with E-state index in [1.807, 2.05) is 19.2 Å². The van der Waals surface area contributed by atoms with E-state index in [2.05, 4.69) is 63.4 Å². The van der Waals surface area contributed by atoms with Gasteiger partial charge < -0.3 is 14.5 Å². The number of aromatic amines is 1. The summed E-state index contributed by atoms with van der Waals surface area (Å²) < 4.78 is 11.4. The number of nitrogens with one attached hydrogen (secondary N) is 3. The first-order valence-corrected chi connectivity index (χ1v) is 14.5. The number of thiazole rings is 1. The largest absolute Gasteiger partial charge is 0.476 e. The van der Waals surface area contributed by atoms with Crippen molar-refractivity contribution in [2.75, 3.05) is 25.0 Å². The molecule has 2 amide bonds. The SMILES string of the molecule is CCCNC(=O)Nc1cc(-c2nc(C)cs2)c(-c2cc(-c3n[nH]c(=O)o3)cnc2OCCN(C(C)C)C(C)C)cn1. The van der Waals surface area contributed by atoms with Gasteiger partial charge in [0.15, 0.2) is 0 Å². The van der Waals surface area contributed by atoms with Crippen LogP contribution in [0.25, 0.3) is 33.2 Å². The molecule has 4 rings (SSSR count). The summed E-state index contributed by atoms with van der Waals surface area (Å²) >= 11 is 1.48. The second kappa shape index (κ2) is 13.5. The molecule has 0 saturated heterocycles. The highest BCUT2D eigenvalue weighted by molar-refractivity contribution is 7.13. The van der Waals surface area contributed by atoms with Crippen LogP contribution in [-0.4, -0.2) is 67.9 Å². The summed E-state index contributed by atoms with van der Waals surface area (Å²) in [6.45, 7) is 14.2. The molecular formula is C28H36N8O4S. The van der Waals surface area contributed by atoms with Gasteiger partial charge in [-0.2, -0.15) is 0 Å². The molecule has 0 unspecified atom stereocenters. The molecule has 4 aromatic heterocycles. The number of ether oxygens (including phenoxy) is 1. The molecule has 0 radical (unpaired) electrons. The van der Waals surface area contributed by atoms with Crippen LogP contribution in [0.3, 0.4) is 0 Å². The highest BCUT2D eigenvalue weighted by Crippen LogP contribution is 2.39. The Morgan fingerprint density at radius 3 is 2.54 bits per heavy atom. The summed E-state index contributed by atoms with van der Waals surface area (Å²) in [6, 6.07) is 3.95. The molecule has 41 heavy (non-hydrogen) atoms. The zero-order chi connectivity index (χ0) is 29.5.